The Kier molecular flexibility index (Phi) is 3.75. The minimum absolute atomic E-state index is 0.0585. The molecule has 0 fully saturated rings. The van der Waals surface area contributed by atoms with Crippen LogP contribution in [0.4, 0.5) is 24.7 Å². The van der Waals surface area contributed by atoms with Crippen molar-refractivity contribution in [1.82, 2.24) is 19.6 Å². The molecule has 8 nitrogen and oxygen atoms in total. The van der Waals surface area contributed by atoms with Gasteiger partial charge in [0, 0.05) is 24.7 Å². The lowest BCUT2D eigenvalue weighted by atomic mass is 10.2. The number of alkyl halides is 3. The van der Waals surface area contributed by atoms with Crippen molar-refractivity contribution in [3.63, 3.8) is 0 Å². The molecule has 1 aromatic carbocycles. The second-order valence-corrected chi connectivity index (χ2v) is 4.77. The van der Waals surface area contributed by atoms with Gasteiger partial charge in [-0.1, -0.05) is 12.1 Å². The third-order valence-corrected chi connectivity index (χ3v) is 3.16. The molecule has 0 atom stereocenters. The number of aromatic nitrogens is 4. The van der Waals surface area contributed by atoms with Crippen LogP contribution in [0, 0.1) is 10.1 Å². The molecule has 0 radical (unpaired) electrons. The summed E-state index contributed by atoms with van der Waals surface area (Å²) in [5.74, 6) is -0.126. The standard InChI is InChI=1S/C13H9F3N6O2/c14-13(15,16)10-5-11(21-12(20-10)18-7-19-21)17-6-8-1-3-9(4-2-8)22(23)24/h1-5,7,17H,6H2. The Morgan fingerprint density at radius 1 is 1.25 bits per heavy atom. The summed E-state index contributed by atoms with van der Waals surface area (Å²) in [5, 5.41) is 17.2. The highest BCUT2D eigenvalue weighted by Crippen LogP contribution is 2.29. The fourth-order valence-electron chi connectivity index (χ4n) is 2.01. The molecule has 0 amide bonds. The Morgan fingerprint density at radius 2 is 1.96 bits per heavy atom. The Balaban J connectivity index is 1.86. The molecule has 0 unspecified atom stereocenters. The number of anilines is 1. The topological polar surface area (TPSA) is 98.2 Å². The minimum atomic E-state index is -4.61. The van der Waals surface area contributed by atoms with E-state index in [-0.39, 0.29) is 23.8 Å². The number of nitrogens with one attached hydrogen (secondary N) is 1. The zero-order valence-corrected chi connectivity index (χ0v) is 11.9. The lowest BCUT2D eigenvalue weighted by Gasteiger charge is -2.11. The van der Waals surface area contributed by atoms with E-state index in [1.807, 2.05) is 0 Å². The average Bonchev–Trinajstić information content (AvgIpc) is 3.00. The molecule has 0 aliphatic heterocycles. The van der Waals surface area contributed by atoms with Gasteiger partial charge in [0.05, 0.1) is 4.92 Å². The van der Waals surface area contributed by atoms with Crippen LogP contribution in [0.15, 0.2) is 36.7 Å². The SMILES string of the molecule is O=[N+]([O-])c1ccc(CNc2cc(C(F)(F)F)nc3ncnn23)cc1. The van der Waals surface area contributed by atoms with Crippen molar-refractivity contribution in [2.24, 2.45) is 0 Å². The van der Waals surface area contributed by atoms with Crippen LogP contribution in [0.5, 0.6) is 0 Å². The van der Waals surface area contributed by atoms with Crippen LogP contribution in [-0.2, 0) is 12.7 Å². The Labute approximate surface area is 132 Å². The van der Waals surface area contributed by atoms with Gasteiger partial charge < -0.3 is 5.32 Å². The molecular formula is C13H9F3N6O2. The van der Waals surface area contributed by atoms with Gasteiger partial charge in [0.25, 0.3) is 11.5 Å². The van der Waals surface area contributed by atoms with Crippen molar-refractivity contribution in [2.45, 2.75) is 12.7 Å². The zero-order chi connectivity index (χ0) is 17.3. The van der Waals surface area contributed by atoms with Crippen LogP contribution < -0.4 is 5.32 Å². The fourth-order valence-corrected chi connectivity index (χ4v) is 2.01. The van der Waals surface area contributed by atoms with E-state index in [1.165, 1.54) is 24.3 Å². The molecule has 11 heteroatoms. The number of nitrogens with zero attached hydrogens (tertiary/aromatic N) is 5. The van der Waals surface area contributed by atoms with Gasteiger partial charge in [-0.25, -0.2) is 4.98 Å². The van der Waals surface area contributed by atoms with Gasteiger partial charge in [0.2, 0.25) is 0 Å². The summed E-state index contributed by atoms with van der Waals surface area (Å²) in [6.45, 7) is 0.147. The van der Waals surface area contributed by atoms with E-state index < -0.39 is 16.8 Å². The van der Waals surface area contributed by atoms with Gasteiger partial charge in [-0.3, -0.25) is 10.1 Å². The molecule has 3 rings (SSSR count). The van der Waals surface area contributed by atoms with Crippen LogP contribution in [0.3, 0.4) is 0 Å². The first kappa shape index (κ1) is 15.6. The summed E-state index contributed by atoms with van der Waals surface area (Å²) in [6, 6.07) is 6.48. The molecule has 3 aromatic rings. The summed E-state index contributed by atoms with van der Waals surface area (Å²) >= 11 is 0. The average molecular weight is 338 g/mol. The number of hydrogen-bond donors (Lipinski definition) is 1. The van der Waals surface area contributed by atoms with Crippen LogP contribution in [-0.4, -0.2) is 24.5 Å². The zero-order valence-electron chi connectivity index (χ0n) is 11.9. The molecule has 2 aromatic heterocycles. The summed E-state index contributed by atoms with van der Waals surface area (Å²) in [5.41, 5.74) is -0.505. The van der Waals surface area contributed by atoms with E-state index >= 15 is 0 Å². The summed E-state index contributed by atoms with van der Waals surface area (Å²) in [4.78, 5) is 17.1. The van der Waals surface area contributed by atoms with Gasteiger partial charge in [-0.05, 0) is 5.56 Å². The van der Waals surface area contributed by atoms with E-state index in [0.717, 1.165) is 16.9 Å². The minimum Gasteiger partial charge on any atom is -0.366 e. The van der Waals surface area contributed by atoms with E-state index in [4.69, 9.17) is 0 Å². The highest BCUT2D eigenvalue weighted by molar-refractivity contribution is 5.46. The normalized spacial score (nSPS) is 11.6. The summed E-state index contributed by atoms with van der Waals surface area (Å²) in [6.07, 6.45) is -3.52. The first-order chi connectivity index (χ1) is 11.3. The quantitative estimate of drug-likeness (QED) is 0.580. The van der Waals surface area contributed by atoms with Gasteiger partial charge in [-0.2, -0.15) is 27.8 Å². The monoisotopic (exact) mass is 338 g/mol. The van der Waals surface area contributed by atoms with Gasteiger partial charge in [-0.15, -0.1) is 0 Å². The Bertz CT molecular complexity index is 891. The van der Waals surface area contributed by atoms with Crippen LogP contribution in [0.2, 0.25) is 0 Å². The molecule has 0 bridgehead atoms. The largest absolute Gasteiger partial charge is 0.433 e. The number of nitro groups is 1. The number of hydrogen-bond acceptors (Lipinski definition) is 6. The molecule has 0 aliphatic carbocycles. The Morgan fingerprint density at radius 3 is 2.58 bits per heavy atom. The molecular weight excluding hydrogens is 329 g/mol. The second-order valence-electron chi connectivity index (χ2n) is 4.77. The third-order valence-electron chi connectivity index (χ3n) is 3.16. The van der Waals surface area contributed by atoms with E-state index in [9.17, 15) is 23.3 Å². The molecule has 0 aliphatic rings. The first-order valence-corrected chi connectivity index (χ1v) is 6.60. The Hall–Kier alpha value is -3.24. The number of nitro benzene ring substituents is 1. The van der Waals surface area contributed by atoms with Gasteiger partial charge in [0.15, 0.2) is 5.69 Å². The molecule has 24 heavy (non-hydrogen) atoms. The van der Waals surface area contributed by atoms with Crippen molar-refractivity contribution >= 4 is 17.3 Å². The van der Waals surface area contributed by atoms with Gasteiger partial charge in [0.1, 0.15) is 12.1 Å². The smallest absolute Gasteiger partial charge is 0.366 e. The van der Waals surface area contributed by atoms with Crippen LogP contribution in [0.1, 0.15) is 11.3 Å². The predicted molar refractivity (Wildman–Crippen MR) is 76.2 cm³/mol. The van der Waals surface area contributed by atoms with Crippen LogP contribution >= 0.6 is 0 Å². The van der Waals surface area contributed by atoms with E-state index in [2.05, 4.69) is 20.4 Å². The molecule has 0 saturated heterocycles. The predicted octanol–water partition coefficient (Wildman–Crippen LogP) is 2.66. The van der Waals surface area contributed by atoms with Crippen molar-refractivity contribution in [1.29, 1.82) is 0 Å². The molecule has 1 N–H and O–H groups in total. The maximum absolute atomic E-state index is 12.9. The molecule has 0 saturated carbocycles. The number of benzene rings is 1. The number of rotatable bonds is 4. The highest BCUT2D eigenvalue weighted by Gasteiger charge is 2.34. The number of halogens is 3. The van der Waals surface area contributed by atoms with E-state index in [1.54, 1.807) is 0 Å². The summed E-state index contributed by atoms with van der Waals surface area (Å²) in [7, 11) is 0. The van der Waals surface area contributed by atoms with Crippen molar-refractivity contribution in [3.8, 4) is 0 Å². The van der Waals surface area contributed by atoms with Crippen LogP contribution in [0.25, 0.3) is 5.78 Å². The maximum atomic E-state index is 12.9. The van der Waals surface area contributed by atoms with Crippen molar-refractivity contribution in [3.05, 3.63) is 58.0 Å². The maximum Gasteiger partial charge on any atom is 0.433 e. The van der Waals surface area contributed by atoms with Crippen molar-refractivity contribution in [2.75, 3.05) is 5.32 Å². The lowest BCUT2D eigenvalue weighted by Crippen LogP contribution is -2.13. The lowest BCUT2D eigenvalue weighted by molar-refractivity contribution is -0.384. The summed E-state index contributed by atoms with van der Waals surface area (Å²) < 4.78 is 39.8. The third kappa shape index (κ3) is 3.09. The second kappa shape index (κ2) is 5.76. The fraction of sp³-hybridized carbons (Fsp3) is 0.154. The first-order valence-electron chi connectivity index (χ1n) is 6.60. The molecule has 124 valence electrons. The van der Waals surface area contributed by atoms with Gasteiger partial charge >= 0.3 is 6.18 Å². The number of fused-ring (bicyclic) bond motifs is 1. The van der Waals surface area contributed by atoms with E-state index in [0.29, 0.717) is 5.56 Å². The van der Waals surface area contributed by atoms with Crippen molar-refractivity contribution < 1.29 is 18.1 Å². The number of non-ortho nitro benzene ring substituents is 1. The molecule has 2 heterocycles. The highest BCUT2D eigenvalue weighted by atomic mass is 19.4. The molecule has 0 spiro atoms.